The molecule has 4 nitrogen and oxygen atoms in total. The molecule has 0 bridgehead atoms. The van der Waals surface area contributed by atoms with Crippen molar-refractivity contribution in [3.8, 4) is 11.3 Å². The van der Waals surface area contributed by atoms with E-state index in [9.17, 15) is 4.79 Å². The molecule has 0 atom stereocenters. The number of benzene rings is 1. The van der Waals surface area contributed by atoms with Gasteiger partial charge in [-0.2, -0.15) is 0 Å². The second-order valence-electron chi connectivity index (χ2n) is 4.72. The Morgan fingerprint density at radius 1 is 1.24 bits per heavy atom. The van der Waals surface area contributed by atoms with Gasteiger partial charge in [0.15, 0.2) is 5.13 Å². The van der Waals surface area contributed by atoms with Crippen LogP contribution >= 0.6 is 11.3 Å². The standard InChI is InChI=1S/C16H20N2O2S/c1-20-15(19)10-6-3-7-11-17-16-18-14(12-21-16)13-8-4-2-5-9-13/h2,4-5,8-9,12H,3,6-7,10-11H2,1H3,(H,17,18). The highest BCUT2D eigenvalue weighted by Gasteiger charge is 2.03. The molecule has 1 N–H and O–H groups in total. The van der Waals surface area contributed by atoms with E-state index in [2.05, 4.69) is 32.6 Å². The van der Waals surface area contributed by atoms with Crippen LogP contribution in [0.25, 0.3) is 11.3 Å². The molecule has 1 aromatic carbocycles. The van der Waals surface area contributed by atoms with E-state index in [1.54, 1.807) is 11.3 Å². The zero-order chi connectivity index (χ0) is 14.9. The predicted molar refractivity (Wildman–Crippen MR) is 86.5 cm³/mol. The fraction of sp³-hybridized carbons (Fsp3) is 0.375. The van der Waals surface area contributed by atoms with Gasteiger partial charge in [-0.3, -0.25) is 4.79 Å². The third-order valence-corrected chi connectivity index (χ3v) is 3.94. The van der Waals surface area contributed by atoms with E-state index in [-0.39, 0.29) is 5.97 Å². The number of esters is 1. The summed E-state index contributed by atoms with van der Waals surface area (Å²) in [5.74, 6) is -0.129. The van der Waals surface area contributed by atoms with Crippen molar-refractivity contribution in [2.75, 3.05) is 19.0 Å². The predicted octanol–water partition coefficient (Wildman–Crippen LogP) is 3.96. The third-order valence-electron chi connectivity index (χ3n) is 3.14. The van der Waals surface area contributed by atoms with E-state index in [0.717, 1.165) is 42.2 Å². The van der Waals surface area contributed by atoms with Crippen LogP contribution in [0.5, 0.6) is 0 Å². The Hall–Kier alpha value is -1.88. The van der Waals surface area contributed by atoms with Gasteiger partial charge in [0, 0.05) is 23.9 Å². The Balaban J connectivity index is 1.68. The van der Waals surface area contributed by atoms with Crippen LogP contribution in [-0.4, -0.2) is 24.6 Å². The molecule has 0 radical (unpaired) electrons. The summed E-state index contributed by atoms with van der Waals surface area (Å²) >= 11 is 1.62. The maximum absolute atomic E-state index is 11.0. The molecule has 0 aliphatic rings. The number of unbranched alkanes of at least 4 members (excludes halogenated alkanes) is 2. The summed E-state index contributed by atoms with van der Waals surface area (Å²) in [4.78, 5) is 15.5. The van der Waals surface area contributed by atoms with Crippen LogP contribution in [0.2, 0.25) is 0 Å². The van der Waals surface area contributed by atoms with Gasteiger partial charge in [-0.05, 0) is 12.8 Å². The Morgan fingerprint density at radius 2 is 2.05 bits per heavy atom. The van der Waals surface area contributed by atoms with Gasteiger partial charge in [-0.15, -0.1) is 11.3 Å². The van der Waals surface area contributed by atoms with Crippen LogP contribution in [0.1, 0.15) is 25.7 Å². The van der Waals surface area contributed by atoms with Crippen LogP contribution in [0.4, 0.5) is 5.13 Å². The van der Waals surface area contributed by atoms with Gasteiger partial charge in [0.25, 0.3) is 0 Å². The van der Waals surface area contributed by atoms with Crippen molar-refractivity contribution < 1.29 is 9.53 Å². The maximum Gasteiger partial charge on any atom is 0.305 e. The average molecular weight is 304 g/mol. The number of aromatic nitrogens is 1. The minimum atomic E-state index is -0.129. The average Bonchev–Trinajstić information content (AvgIpc) is 3.00. The first-order valence-corrected chi connectivity index (χ1v) is 7.99. The normalized spacial score (nSPS) is 10.3. The summed E-state index contributed by atoms with van der Waals surface area (Å²) in [6.45, 7) is 0.878. The van der Waals surface area contributed by atoms with Crippen molar-refractivity contribution in [2.45, 2.75) is 25.7 Å². The van der Waals surface area contributed by atoms with Crippen molar-refractivity contribution in [3.05, 3.63) is 35.7 Å². The molecule has 0 amide bonds. The number of hydrogen-bond donors (Lipinski definition) is 1. The van der Waals surface area contributed by atoms with Crippen molar-refractivity contribution in [1.82, 2.24) is 4.98 Å². The number of nitrogens with one attached hydrogen (secondary N) is 1. The van der Waals surface area contributed by atoms with Crippen LogP contribution in [0, 0.1) is 0 Å². The number of methoxy groups -OCH3 is 1. The number of rotatable bonds is 8. The smallest absolute Gasteiger partial charge is 0.305 e. The van der Waals surface area contributed by atoms with Gasteiger partial charge in [-0.1, -0.05) is 36.8 Å². The van der Waals surface area contributed by atoms with E-state index in [0.29, 0.717) is 6.42 Å². The monoisotopic (exact) mass is 304 g/mol. The lowest BCUT2D eigenvalue weighted by atomic mass is 10.2. The molecule has 1 aromatic heterocycles. The number of carbonyl (C=O) groups excluding carboxylic acids is 1. The lowest BCUT2D eigenvalue weighted by molar-refractivity contribution is -0.140. The summed E-state index contributed by atoms with van der Waals surface area (Å²) in [7, 11) is 1.43. The largest absolute Gasteiger partial charge is 0.469 e. The number of carbonyl (C=O) groups is 1. The van der Waals surface area contributed by atoms with Gasteiger partial charge in [-0.25, -0.2) is 4.98 Å². The Bertz CT molecular complexity index is 554. The molecule has 0 saturated carbocycles. The maximum atomic E-state index is 11.0. The second-order valence-corrected chi connectivity index (χ2v) is 5.58. The highest BCUT2D eigenvalue weighted by atomic mass is 32.1. The van der Waals surface area contributed by atoms with Gasteiger partial charge in [0.05, 0.1) is 12.8 Å². The number of ether oxygens (including phenoxy) is 1. The molecule has 0 unspecified atom stereocenters. The quantitative estimate of drug-likeness (QED) is 0.592. The molecule has 5 heteroatoms. The highest BCUT2D eigenvalue weighted by molar-refractivity contribution is 7.14. The topological polar surface area (TPSA) is 51.2 Å². The SMILES string of the molecule is COC(=O)CCCCCNc1nc(-c2ccccc2)cs1. The van der Waals surface area contributed by atoms with E-state index in [1.807, 2.05) is 18.2 Å². The molecule has 21 heavy (non-hydrogen) atoms. The molecular weight excluding hydrogens is 284 g/mol. The van der Waals surface area contributed by atoms with Crippen molar-refractivity contribution >= 4 is 22.4 Å². The van der Waals surface area contributed by atoms with Crippen LogP contribution in [-0.2, 0) is 9.53 Å². The van der Waals surface area contributed by atoms with E-state index in [1.165, 1.54) is 7.11 Å². The lowest BCUT2D eigenvalue weighted by Gasteiger charge is -2.02. The Morgan fingerprint density at radius 3 is 2.81 bits per heavy atom. The number of nitrogens with zero attached hydrogens (tertiary/aromatic N) is 1. The first kappa shape index (κ1) is 15.5. The summed E-state index contributed by atoms with van der Waals surface area (Å²) < 4.78 is 4.61. The van der Waals surface area contributed by atoms with Crippen molar-refractivity contribution in [2.24, 2.45) is 0 Å². The molecule has 112 valence electrons. The van der Waals surface area contributed by atoms with Gasteiger partial charge < -0.3 is 10.1 Å². The lowest BCUT2D eigenvalue weighted by Crippen LogP contribution is -2.03. The number of hydrogen-bond acceptors (Lipinski definition) is 5. The summed E-state index contributed by atoms with van der Waals surface area (Å²) in [6.07, 6.45) is 3.42. The van der Waals surface area contributed by atoms with Gasteiger partial charge >= 0.3 is 5.97 Å². The molecule has 0 aliphatic heterocycles. The molecule has 0 aliphatic carbocycles. The number of anilines is 1. The Labute approximate surface area is 129 Å². The minimum absolute atomic E-state index is 0.129. The first-order chi connectivity index (χ1) is 10.3. The highest BCUT2D eigenvalue weighted by Crippen LogP contribution is 2.24. The molecule has 0 fully saturated rings. The van der Waals surface area contributed by atoms with Crippen molar-refractivity contribution in [1.29, 1.82) is 0 Å². The fourth-order valence-corrected chi connectivity index (χ4v) is 2.71. The summed E-state index contributed by atoms with van der Waals surface area (Å²) in [5.41, 5.74) is 2.15. The minimum Gasteiger partial charge on any atom is -0.469 e. The van der Waals surface area contributed by atoms with Gasteiger partial charge in [0.1, 0.15) is 0 Å². The first-order valence-electron chi connectivity index (χ1n) is 7.11. The van der Waals surface area contributed by atoms with Crippen LogP contribution < -0.4 is 5.32 Å². The molecule has 2 aromatic rings. The van der Waals surface area contributed by atoms with E-state index in [4.69, 9.17) is 0 Å². The van der Waals surface area contributed by atoms with E-state index < -0.39 is 0 Å². The Kier molecular flexibility index (Phi) is 6.22. The van der Waals surface area contributed by atoms with Crippen LogP contribution in [0.15, 0.2) is 35.7 Å². The zero-order valence-corrected chi connectivity index (χ0v) is 13.0. The summed E-state index contributed by atoms with van der Waals surface area (Å²) in [6, 6.07) is 10.2. The van der Waals surface area contributed by atoms with Crippen LogP contribution in [0.3, 0.4) is 0 Å². The number of thiazole rings is 1. The molecule has 0 saturated heterocycles. The summed E-state index contributed by atoms with van der Waals surface area (Å²) in [5, 5.41) is 6.34. The molecule has 0 spiro atoms. The molecule has 1 heterocycles. The molecular formula is C16H20N2O2S. The second kappa shape index (κ2) is 8.42. The van der Waals surface area contributed by atoms with Crippen molar-refractivity contribution in [3.63, 3.8) is 0 Å². The van der Waals surface area contributed by atoms with Gasteiger partial charge in [0.2, 0.25) is 0 Å². The van der Waals surface area contributed by atoms with E-state index >= 15 is 0 Å². The fourth-order valence-electron chi connectivity index (χ4n) is 1.96. The zero-order valence-electron chi connectivity index (χ0n) is 12.2. The molecule has 2 rings (SSSR count). The third kappa shape index (κ3) is 5.19.